The van der Waals surface area contributed by atoms with Crippen molar-refractivity contribution in [3.05, 3.63) is 17.3 Å². The van der Waals surface area contributed by atoms with Crippen molar-refractivity contribution in [1.82, 2.24) is 9.94 Å². The second-order valence-corrected chi connectivity index (χ2v) is 4.66. The van der Waals surface area contributed by atoms with Gasteiger partial charge >= 0.3 is 12.1 Å². The molecular formula is C11H16N8O3. The van der Waals surface area contributed by atoms with E-state index in [9.17, 15) is 14.8 Å². The first-order chi connectivity index (χ1) is 10.2. The quantitative estimate of drug-likeness (QED) is 0.213. The number of rotatable bonds is 2. The van der Waals surface area contributed by atoms with E-state index in [1.54, 1.807) is 13.8 Å². The highest BCUT2D eigenvalue weighted by Gasteiger charge is 2.26. The number of hydrogen-bond donors (Lipinski definition) is 5. The molecule has 0 unspecified atom stereocenters. The molecule has 11 nitrogen and oxygen atoms in total. The fraction of sp³-hybridized carbons (Fsp3) is 0.182. The predicted molar refractivity (Wildman–Crippen MR) is 78.9 cm³/mol. The van der Waals surface area contributed by atoms with Crippen molar-refractivity contribution in [3.8, 4) is 0 Å². The SMILES string of the molecule is Cc1c(C)c(N(N)C(N)=O)c2c(cnn2O)c1N(N)C(N)=O. The van der Waals surface area contributed by atoms with Gasteiger partial charge in [-0.15, -0.1) is 5.10 Å². The fourth-order valence-electron chi connectivity index (χ4n) is 2.30. The molecule has 0 aliphatic heterocycles. The van der Waals surface area contributed by atoms with E-state index in [1.807, 2.05) is 0 Å². The van der Waals surface area contributed by atoms with E-state index in [0.717, 1.165) is 5.01 Å². The van der Waals surface area contributed by atoms with Gasteiger partial charge in [-0.2, -0.15) is 0 Å². The number of carbonyl (C=O) groups is 2. The molecule has 4 amide bonds. The molecule has 0 spiro atoms. The molecule has 118 valence electrons. The molecule has 0 aliphatic rings. The molecular weight excluding hydrogens is 292 g/mol. The van der Waals surface area contributed by atoms with Crippen molar-refractivity contribution in [2.45, 2.75) is 13.8 Å². The lowest BCUT2D eigenvalue weighted by atomic mass is 10.0. The lowest BCUT2D eigenvalue weighted by molar-refractivity contribution is 0.161. The minimum atomic E-state index is -0.933. The number of hydrazine groups is 2. The van der Waals surface area contributed by atoms with Crippen LogP contribution in [0, 0.1) is 13.8 Å². The van der Waals surface area contributed by atoms with Gasteiger partial charge in [-0.25, -0.2) is 31.3 Å². The minimum absolute atomic E-state index is 0.0658. The summed E-state index contributed by atoms with van der Waals surface area (Å²) in [6.45, 7) is 3.28. The maximum absolute atomic E-state index is 11.4. The van der Waals surface area contributed by atoms with Crippen LogP contribution in [-0.2, 0) is 0 Å². The largest absolute Gasteiger partial charge is 0.411 e. The van der Waals surface area contributed by atoms with Gasteiger partial charge in [0.25, 0.3) is 0 Å². The normalized spacial score (nSPS) is 10.7. The smallest absolute Gasteiger partial charge is 0.333 e. The molecule has 9 N–H and O–H groups in total. The Labute approximate surface area is 124 Å². The first kappa shape index (κ1) is 15.3. The molecule has 0 bridgehead atoms. The minimum Gasteiger partial charge on any atom is -0.411 e. The Morgan fingerprint density at radius 1 is 1.09 bits per heavy atom. The Bertz CT molecular complexity index is 783. The number of benzene rings is 1. The van der Waals surface area contributed by atoms with Crippen LogP contribution in [0.5, 0.6) is 0 Å². The van der Waals surface area contributed by atoms with Crippen LogP contribution in [0.15, 0.2) is 6.20 Å². The molecule has 0 atom stereocenters. The first-order valence-corrected chi connectivity index (χ1v) is 6.07. The van der Waals surface area contributed by atoms with Gasteiger partial charge in [-0.1, -0.05) is 4.85 Å². The van der Waals surface area contributed by atoms with E-state index in [0.29, 0.717) is 21.0 Å². The molecule has 1 aromatic heterocycles. The molecule has 1 aromatic carbocycles. The van der Waals surface area contributed by atoms with E-state index in [1.165, 1.54) is 6.20 Å². The van der Waals surface area contributed by atoms with Crippen molar-refractivity contribution >= 4 is 34.3 Å². The molecule has 1 heterocycles. The van der Waals surface area contributed by atoms with Crippen LogP contribution in [0.2, 0.25) is 0 Å². The molecule has 0 aliphatic carbocycles. The van der Waals surface area contributed by atoms with E-state index < -0.39 is 12.1 Å². The predicted octanol–water partition coefficient (Wildman–Crippen LogP) is -0.592. The number of primary amides is 2. The summed E-state index contributed by atoms with van der Waals surface area (Å²) in [5.74, 6) is 11.3. The zero-order valence-electron chi connectivity index (χ0n) is 11.9. The summed E-state index contributed by atoms with van der Waals surface area (Å²) in [6.07, 6.45) is 1.26. The summed E-state index contributed by atoms with van der Waals surface area (Å²) in [7, 11) is 0. The van der Waals surface area contributed by atoms with Crippen LogP contribution >= 0.6 is 0 Å². The van der Waals surface area contributed by atoms with Gasteiger partial charge in [0.1, 0.15) is 5.52 Å². The summed E-state index contributed by atoms with van der Waals surface area (Å²) >= 11 is 0. The molecule has 11 heteroatoms. The third-order valence-electron chi connectivity index (χ3n) is 3.46. The maximum atomic E-state index is 11.4. The van der Waals surface area contributed by atoms with Crippen LogP contribution in [0.3, 0.4) is 0 Å². The number of nitrogens with zero attached hydrogens (tertiary/aromatic N) is 4. The highest BCUT2D eigenvalue weighted by molar-refractivity contribution is 6.10. The Balaban J connectivity index is 2.94. The molecule has 0 fully saturated rings. The average molecular weight is 308 g/mol. The number of anilines is 2. The highest BCUT2D eigenvalue weighted by atomic mass is 16.5. The van der Waals surface area contributed by atoms with Crippen LogP contribution in [0.25, 0.3) is 10.9 Å². The zero-order valence-corrected chi connectivity index (χ0v) is 11.9. The van der Waals surface area contributed by atoms with Crippen molar-refractivity contribution in [1.29, 1.82) is 0 Å². The number of fused-ring (bicyclic) bond motifs is 1. The van der Waals surface area contributed by atoms with Crippen molar-refractivity contribution < 1.29 is 14.8 Å². The molecule has 2 rings (SSSR count). The van der Waals surface area contributed by atoms with E-state index in [-0.39, 0.29) is 22.3 Å². The number of aromatic nitrogens is 2. The lowest BCUT2D eigenvalue weighted by Crippen LogP contribution is -2.44. The van der Waals surface area contributed by atoms with Crippen molar-refractivity contribution in [2.75, 3.05) is 10.0 Å². The number of amides is 4. The van der Waals surface area contributed by atoms with Crippen molar-refractivity contribution in [2.24, 2.45) is 23.2 Å². The zero-order chi connectivity index (χ0) is 16.8. The highest BCUT2D eigenvalue weighted by Crippen LogP contribution is 2.39. The van der Waals surface area contributed by atoms with E-state index in [4.69, 9.17) is 23.2 Å². The third-order valence-corrected chi connectivity index (χ3v) is 3.46. The summed E-state index contributed by atoms with van der Waals surface area (Å²) < 4.78 is 0. The molecule has 0 saturated carbocycles. The first-order valence-electron chi connectivity index (χ1n) is 6.07. The molecule has 0 saturated heterocycles. The fourth-order valence-corrected chi connectivity index (χ4v) is 2.30. The monoisotopic (exact) mass is 308 g/mol. The summed E-state index contributed by atoms with van der Waals surface area (Å²) in [6, 6.07) is -1.83. The lowest BCUT2D eigenvalue weighted by Gasteiger charge is -2.24. The van der Waals surface area contributed by atoms with Gasteiger partial charge in [-0.05, 0) is 25.0 Å². The Morgan fingerprint density at radius 2 is 1.55 bits per heavy atom. The Kier molecular flexibility index (Phi) is 3.52. The van der Waals surface area contributed by atoms with Crippen LogP contribution in [-0.4, -0.2) is 27.2 Å². The average Bonchev–Trinajstić information content (AvgIpc) is 2.81. The van der Waals surface area contributed by atoms with E-state index >= 15 is 0 Å². The molecule has 0 radical (unpaired) electrons. The van der Waals surface area contributed by atoms with Gasteiger partial charge in [0, 0.05) is 0 Å². The van der Waals surface area contributed by atoms with Crippen LogP contribution < -0.4 is 33.2 Å². The van der Waals surface area contributed by atoms with Gasteiger partial charge in [0.15, 0.2) is 0 Å². The second kappa shape index (κ2) is 5.05. The Morgan fingerprint density at radius 3 is 2.05 bits per heavy atom. The summed E-state index contributed by atoms with van der Waals surface area (Å²) in [5.41, 5.74) is 11.8. The molecule has 22 heavy (non-hydrogen) atoms. The molecule has 2 aromatic rings. The van der Waals surface area contributed by atoms with Gasteiger partial charge in [0.2, 0.25) is 0 Å². The van der Waals surface area contributed by atoms with Gasteiger partial charge < -0.3 is 16.7 Å². The van der Waals surface area contributed by atoms with Gasteiger partial charge in [0.05, 0.1) is 23.0 Å². The number of urea groups is 2. The Hall–Kier alpha value is -3.05. The van der Waals surface area contributed by atoms with Gasteiger partial charge in [-0.3, -0.25) is 0 Å². The number of hydrogen-bond acceptors (Lipinski definition) is 6. The van der Waals surface area contributed by atoms with Crippen LogP contribution in [0.1, 0.15) is 11.1 Å². The second-order valence-electron chi connectivity index (χ2n) is 4.66. The number of nitrogens with two attached hydrogens (primary N) is 4. The topological polar surface area (TPSA) is 183 Å². The number of carbonyl (C=O) groups excluding carboxylic acids is 2. The summed E-state index contributed by atoms with van der Waals surface area (Å²) in [4.78, 5) is 23.2. The third kappa shape index (κ3) is 2.04. The van der Waals surface area contributed by atoms with E-state index in [2.05, 4.69) is 5.10 Å². The van der Waals surface area contributed by atoms with Crippen molar-refractivity contribution in [3.63, 3.8) is 0 Å². The standard InChI is InChI=1S/C11H16N8O3/c1-4-5(2)8(18(15)11(13)21)9-6(3-16-19(9)22)7(4)17(14)10(12)20/h3,22H,14-15H2,1-2H3,(H2,12,20)(H2,13,21). The summed E-state index contributed by atoms with van der Waals surface area (Å²) in [5, 5.41) is 15.2. The maximum Gasteiger partial charge on any atom is 0.333 e. The van der Waals surface area contributed by atoms with Crippen LogP contribution in [0.4, 0.5) is 21.0 Å².